The van der Waals surface area contributed by atoms with Crippen molar-refractivity contribution in [3.8, 4) is 56.0 Å². The molecule has 0 saturated carbocycles. The zero-order valence-electron chi connectivity index (χ0n) is 33.6. The van der Waals surface area contributed by atoms with Gasteiger partial charge in [0.1, 0.15) is 17.4 Å². The summed E-state index contributed by atoms with van der Waals surface area (Å²) in [5.74, 6) is -3.59. The molecule has 8 aromatic rings. The molecule has 0 saturated heterocycles. The summed E-state index contributed by atoms with van der Waals surface area (Å²) in [4.78, 5) is 0. The topological polar surface area (TPSA) is 18.5 Å². The Balaban J connectivity index is 0.000000189. The molecule has 8 aromatic carbocycles. The van der Waals surface area contributed by atoms with Gasteiger partial charge in [-0.1, -0.05) is 116 Å². The number of ether oxygens (including phenoxy) is 2. The van der Waals surface area contributed by atoms with Crippen LogP contribution in [0.4, 0.5) is 39.5 Å². The van der Waals surface area contributed by atoms with E-state index in [0.29, 0.717) is 16.7 Å². The van der Waals surface area contributed by atoms with Crippen LogP contribution >= 0.6 is 0 Å². The number of fused-ring (bicyclic) bond motifs is 2. The lowest BCUT2D eigenvalue weighted by Gasteiger charge is -2.12. The molecule has 0 fully saturated rings. The Morgan fingerprint density at radius 1 is 0.444 bits per heavy atom. The molecule has 11 heteroatoms. The van der Waals surface area contributed by atoms with E-state index >= 15 is 0 Å². The van der Waals surface area contributed by atoms with E-state index in [2.05, 4.69) is 53.3 Å². The minimum Gasteiger partial charge on any atom is -0.406 e. The number of aryl methyl sites for hydroxylation is 2. The Bertz CT molecular complexity index is 2920. The summed E-state index contributed by atoms with van der Waals surface area (Å²) < 4.78 is 125. The van der Waals surface area contributed by atoms with Gasteiger partial charge in [-0.2, -0.15) is 0 Å². The zero-order valence-corrected chi connectivity index (χ0v) is 33.6. The number of allylic oxidation sites excluding steroid dienone is 1. The fraction of sp³-hybridized carbons (Fsp3) is 0.115. The summed E-state index contributed by atoms with van der Waals surface area (Å²) in [5, 5.41) is 4.31. The van der Waals surface area contributed by atoms with Crippen LogP contribution in [0, 0.1) is 17.5 Å². The van der Waals surface area contributed by atoms with Crippen LogP contribution in [-0.4, -0.2) is 12.7 Å². The second kappa shape index (κ2) is 18.5. The van der Waals surface area contributed by atoms with Gasteiger partial charge in [-0.15, -0.1) is 32.9 Å². The molecule has 0 unspecified atom stereocenters. The average Bonchev–Trinajstić information content (AvgIpc) is 3.25. The van der Waals surface area contributed by atoms with Crippen molar-refractivity contribution in [2.45, 2.75) is 38.9 Å². The predicted octanol–water partition coefficient (Wildman–Crippen LogP) is 16.2. The summed E-state index contributed by atoms with van der Waals surface area (Å²) in [7, 11) is 0. The molecule has 63 heavy (non-hydrogen) atoms. The molecule has 0 aromatic heterocycles. The molecule has 0 amide bonds. The highest BCUT2D eigenvalue weighted by Gasteiger charge is 2.33. The van der Waals surface area contributed by atoms with Crippen molar-refractivity contribution in [3.05, 3.63) is 193 Å². The van der Waals surface area contributed by atoms with Crippen molar-refractivity contribution in [2.24, 2.45) is 0 Å². The molecule has 0 heterocycles. The van der Waals surface area contributed by atoms with E-state index in [4.69, 9.17) is 0 Å². The maximum Gasteiger partial charge on any atom is 0.573 e. The summed E-state index contributed by atoms with van der Waals surface area (Å²) in [5.41, 5.74) is 6.51. The molecule has 8 rings (SSSR count). The Labute approximate surface area is 357 Å². The molecule has 0 aliphatic carbocycles. The lowest BCUT2D eigenvalue weighted by atomic mass is 9.96. The highest BCUT2D eigenvalue weighted by atomic mass is 19.4. The first-order chi connectivity index (χ1) is 30.1. The van der Waals surface area contributed by atoms with Gasteiger partial charge in [-0.05, 0) is 134 Å². The first kappa shape index (κ1) is 44.1. The fourth-order valence-electron chi connectivity index (χ4n) is 7.16. The van der Waals surface area contributed by atoms with E-state index < -0.39 is 35.9 Å². The van der Waals surface area contributed by atoms with E-state index in [1.807, 2.05) is 48.5 Å². The third-order valence-corrected chi connectivity index (χ3v) is 10.3. The summed E-state index contributed by atoms with van der Waals surface area (Å²) >= 11 is 0. The average molecular weight is 865 g/mol. The third-order valence-electron chi connectivity index (χ3n) is 10.3. The van der Waals surface area contributed by atoms with Gasteiger partial charge < -0.3 is 9.47 Å². The number of benzene rings is 8. The Morgan fingerprint density at radius 3 is 1.38 bits per heavy atom. The van der Waals surface area contributed by atoms with Crippen LogP contribution in [0.1, 0.15) is 24.5 Å². The van der Waals surface area contributed by atoms with Gasteiger partial charge in [0.2, 0.25) is 0 Å². The summed E-state index contributed by atoms with van der Waals surface area (Å²) in [6.07, 6.45) is -5.07. The van der Waals surface area contributed by atoms with Crippen LogP contribution in [0.25, 0.3) is 66.1 Å². The number of hydrogen-bond donors (Lipinski definition) is 0. The van der Waals surface area contributed by atoms with Crippen molar-refractivity contribution < 1.29 is 49.0 Å². The Morgan fingerprint density at radius 2 is 0.873 bits per heavy atom. The smallest absolute Gasteiger partial charge is 0.406 e. The van der Waals surface area contributed by atoms with E-state index in [1.54, 1.807) is 18.2 Å². The van der Waals surface area contributed by atoms with Gasteiger partial charge in [0.25, 0.3) is 0 Å². The van der Waals surface area contributed by atoms with Gasteiger partial charge in [-0.25, -0.2) is 13.2 Å². The maximum absolute atomic E-state index is 14.9. The van der Waals surface area contributed by atoms with Crippen LogP contribution in [0.15, 0.2) is 164 Å². The molecule has 2 nitrogen and oxygen atoms in total. The molecule has 0 radical (unpaired) electrons. The SMILES string of the molecule is C=CCCc1ccc2cc(-c3ccc(-c4ccc(OC(F)(F)F)cc4)c(F)c3)ccc2c1.CCc1ccc2cc(-c3ccc(-c4ccc(OC(F)(F)F)c(F)c4)c(F)c3)ccc2c1. The lowest BCUT2D eigenvalue weighted by Crippen LogP contribution is -2.17. The molecule has 0 aliphatic rings. The molecule has 0 atom stereocenters. The molecular formula is C52H37F9O2. The van der Waals surface area contributed by atoms with Crippen molar-refractivity contribution in [2.75, 3.05) is 0 Å². The predicted molar refractivity (Wildman–Crippen MR) is 231 cm³/mol. The van der Waals surface area contributed by atoms with Crippen LogP contribution in [0.5, 0.6) is 11.5 Å². The quantitative estimate of drug-likeness (QED) is 0.101. The van der Waals surface area contributed by atoms with Crippen LogP contribution in [-0.2, 0) is 12.8 Å². The Hall–Kier alpha value is -7.01. The van der Waals surface area contributed by atoms with Gasteiger partial charge in [0.05, 0.1) is 0 Å². The number of alkyl halides is 6. The van der Waals surface area contributed by atoms with Gasteiger partial charge in [0.15, 0.2) is 11.6 Å². The fourth-order valence-corrected chi connectivity index (χ4v) is 7.16. The minimum absolute atomic E-state index is 0.0783. The lowest BCUT2D eigenvalue weighted by molar-refractivity contribution is -0.276. The molecule has 0 bridgehead atoms. The molecule has 0 aliphatic heterocycles. The van der Waals surface area contributed by atoms with Crippen LogP contribution < -0.4 is 9.47 Å². The first-order valence-corrected chi connectivity index (χ1v) is 19.7. The van der Waals surface area contributed by atoms with Crippen LogP contribution in [0.3, 0.4) is 0 Å². The highest BCUT2D eigenvalue weighted by molar-refractivity contribution is 5.89. The standard InChI is InChI=1S/C27H20F4O.C25H17F5O/c1-2-3-4-18-5-6-21-16-22(8-7-20(21)15-18)23-11-14-25(26(28)17-23)19-9-12-24(13-10-19)32-27(29,30)31;1-2-15-3-4-17-12-18(6-5-16(17)11-15)19-7-9-21(22(26)13-19)20-8-10-24(23(27)14-20)31-25(28,29)30/h2,5-17H,1,3-4H2;3-14H,2H2,1H3. The van der Waals surface area contributed by atoms with E-state index in [9.17, 15) is 39.5 Å². The maximum atomic E-state index is 14.9. The van der Waals surface area contributed by atoms with Gasteiger partial charge in [-0.3, -0.25) is 0 Å². The summed E-state index contributed by atoms with van der Waals surface area (Å²) in [6.45, 7) is 5.84. The van der Waals surface area contributed by atoms with Crippen molar-refractivity contribution in [1.29, 1.82) is 0 Å². The van der Waals surface area contributed by atoms with Gasteiger partial charge >= 0.3 is 12.7 Å². The summed E-state index contributed by atoms with van der Waals surface area (Å²) in [6, 6.07) is 41.7. The normalized spacial score (nSPS) is 11.6. The second-order valence-electron chi connectivity index (χ2n) is 14.6. The third kappa shape index (κ3) is 11.1. The van der Waals surface area contributed by atoms with E-state index in [0.717, 1.165) is 69.6 Å². The second-order valence-corrected chi connectivity index (χ2v) is 14.6. The monoisotopic (exact) mass is 864 g/mol. The van der Waals surface area contributed by atoms with E-state index in [1.165, 1.54) is 59.7 Å². The minimum atomic E-state index is -5.01. The van der Waals surface area contributed by atoms with Crippen molar-refractivity contribution >= 4 is 21.5 Å². The molecule has 0 spiro atoms. The molecule has 320 valence electrons. The largest absolute Gasteiger partial charge is 0.573 e. The van der Waals surface area contributed by atoms with Crippen molar-refractivity contribution in [3.63, 3.8) is 0 Å². The van der Waals surface area contributed by atoms with E-state index in [-0.39, 0.29) is 16.9 Å². The van der Waals surface area contributed by atoms with Crippen molar-refractivity contribution in [1.82, 2.24) is 0 Å². The van der Waals surface area contributed by atoms with Gasteiger partial charge in [0, 0.05) is 11.1 Å². The Kier molecular flexibility index (Phi) is 13.0. The number of hydrogen-bond acceptors (Lipinski definition) is 2. The number of rotatable bonds is 10. The highest BCUT2D eigenvalue weighted by Crippen LogP contribution is 2.35. The first-order valence-electron chi connectivity index (χ1n) is 19.7. The zero-order chi connectivity index (χ0) is 44.9. The van der Waals surface area contributed by atoms with Crippen LogP contribution in [0.2, 0.25) is 0 Å². The molecule has 0 N–H and O–H groups in total. The molecular weight excluding hydrogens is 828 g/mol. The number of halogens is 9.